The maximum atomic E-state index is 15.1. The van der Waals surface area contributed by atoms with Gasteiger partial charge in [0.1, 0.15) is 22.9 Å². The van der Waals surface area contributed by atoms with Crippen LogP contribution in [0.15, 0.2) is 119 Å². The van der Waals surface area contributed by atoms with Crippen molar-refractivity contribution in [2.45, 2.75) is 102 Å². The molecular weight excluding hydrogens is 1070 g/mol. The van der Waals surface area contributed by atoms with Gasteiger partial charge in [-0.15, -0.1) is 0 Å². The van der Waals surface area contributed by atoms with Gasteiger partial charge in [-0.3, -0.25) is 4.79 Å². The Labute approximate surface area is 467 Å². The molecule has 18 nitrogen and oxygen atoms in total. The molecule has 0 aliphatic carbocycles. The van der Waals surface area contributed by atoms with Gasteiger partial charge in [0, 0.05) is 94.1 Å². The van der Waals surface area contributed by atoms with Crippen LogP contribution in [0.4, 0.5) is 18.4 Å². The van der Waals surface area contributed by atoms with Crippen molar-refractivity contribution < 1.29 is 59.4 Å². The van der Waals surface area contributed by atoms with Crippen LogP contribution < -0.4 is 10.6 Å². The highest BCUT2D eigenvalue weighted by Crippen LogP contribution is 2.33. The first kappa shape index (κ1) is 63.4. The monoisotopic (exact) mass is 1150 g/mol. The Hall–Kier alpha value is -7.40. The first-order valence-corrected chi connectivity index (χ1v) is 28.3. The average Bonchev–Trinajstić information content (AvgIpc) is 3.76. The van der Waals surface area contributed by atoms with Crippen LogP contribution in [0.1, 0.15) is 95.9 Å². The van der Waals surface area contributed by atoms with E-state index in [1.807, 2.05) is 30.5 Å². The summed E-state index contributed by atoms with van der Waals surface area (Å²) in [5.74, 6) is -2.16. The number of sulfonamides is 2. The third-order valence-corrected chi connectivity index (χ3v) is 16.2. The lowest BCUT2D eigenvalue weighted by atomic mass is 10.0. The van der Waals surface area contributed by atoms with Gasteiger partial charge in [0.15, 0.2) is 0 Å². The summed E-state index contributed by atoms with van der Waals surface area (Å²) in [6.07, 6.45) is 2.10. The van der Waals surface area contributed by atoms with E-state index in [1.165, 1.54) is 63.4 Å². The standard InChI is InChI=1S/C30H39FN4O5S.C28H34FN3O6S/c1-20-25(17-21-9-12-24(13-10-21)41(38,39)34(7)8)26-18-22(28(36)33(5)6)11-14-27(26)35(20)19-23(31)15-16-32-29(37)40-30(2,3)4;1-18-23(15-19-7-10-22(11-8-19)39(36,37)31(5)6)24-16-20(26(33)34)9-12-25(24)32(18)17-21(29)13-14-30-27(35)38-28(2,3)4/h9-15,18H,16-17,19H2,1-8H3,(H,32,37);7-13,16H,14-15,17H2,1-6H3,(H,30,35)(H,33,34)/b23-15-;21-13-. The van der Waals surface area contributed by atoms with Crippen LogP contribution in [0.5, 0.6) is 0 Å². The molecule has 80 heavy (non-hydrogen) atoms. The van der Waals surface area contributed by atoms with E-state index in [0.717, 1.165) is 53.2 Å². The van der Waals surface area contributed by atoms with Gasteiger partial charge in [0.05, 0.1) is 28.4 Å². The zero-order chi connectivity index (χ0) is 59.8. The Morgan fingerprint density at radius 3 is 1.25 bits per heavy atom. The number of ether oxygens (including phenoxy) is 2. The Balaban J connectivity index is 0.000000294. The molecule has 2 aromatic heterocycles. The molecule has 2 heterocycles. The second kappa shape index (κ2) is 25.8. The Kier molecular flexibility index (Phi) is 20.5. The number of carboxylic acids is 1. The second-order valence-electron chi connectivity index (χ2n) is 21.6. The summed E-state index contributed by atoms with van der Waals surface area (Å²) in [6, 6.07) is 23.2. The molecule has 0 saturated heterocycles. The van der Waals surface area contributed by atoms with Crippen molar-refractivity contribution in [1.82, 2.24) is 33.3 Å². The van der Waals surface area contributed by atoms with Gasteiger partial charge in [-0.25, -0.2) is 48.6 Å². The van der Waals surface area contributed by atoms with Crippen molar-refractivity contribution in [3.63, 3.8) is 0 Å². The Bertz CT molecular complexity index is 3550. The van der Waals surface area contributed by atoms with Crippen LogP contribution in [0.3, 0.4) is 0 Å². The number of carboxylic acid groups (broad SMARTS) is 1. The van der Waals surface area contributed by atoms with Crippen LogP contribution in [0.2, 0.25) is 0 Å². The Morgan fingerprint density at radius 2 is 0.925 bits per heavy atom. The summed E-state index contributed by atoms with van der Waals surface area (Å²) in [7, 11) is 2.11. The number of aromatic nitrogens is 2. The lowest BCUT2D eigenvalue weighted by Gasteiger charge is -2.19. The summed E-state index contributed by atoms with van der Waals surface area (Å²) < 4.78 is 96.0. The number of carbonyl (C=O) groups is 4. The zero-order valence-electron chi connectivity index (χ0n) is 47.8. The third-order valence-electron chi connectivity index (χ3n) is 12.5. The largest absolute Gasteiger partial charge is 0.478 e. The van der Waals surface area contributed by atoms with E-state index in [9.17, 15) is 45.5 Å². The minimum Gasteiger partial charge on any atom is -0.478 e. The van der Waals surface area contributed by atoms with Gasteiger partial charge in [-0.2, -0.15) is 0 Å². The predicted molar refractivity (Wildman–Crippen MR) is 305 cm³/mol. The van der Waals surface area contributed by atoms with Gasteiger partial charge >= 0.3 is 18.2 Å². The lowest BCUT2D eigenvalue weighted by molar-refractivity contribution is 0.0522. The van der Waals surface area contributed by atoms with E-state index >= 15 is 4.39 Å². The number of hydrogen-bond acceptors (Lipinski definition) is 10. The smallest absolute Gasteiger partial charge is 0.407 e. The van der Waals surface area contributed by atoms with E-state index in [-0.39, 0.29) is 47.4 Å². The quantitative estimate of drug-likeness (QED) is 0.0736. The number of benzene rings is 4. The number of alkyl carbamates (subject to hydrolysis) is 2. The van der Waals surface area contributed by atoms with Crippen molar-refractivity contribution in [1.29, 1.82) is 0 Å². The highest BCUT2D eigenvalue weighted by Gasteiger charge is 2.23. The van der Waals surface area contributed by atoms with E-state index in [4.69, 9.17) is 9.47 Å². The van der Waals surface area contributed by atoms with E-state index in [1.54, 1.807) is 115 Å². The number of nitrogens with zero attached hydrogens (tertiary/aromatic N) is 5. The number of nitrogens with one attached hydrogen (secondary N) is 2. The first-order valence-electron chi connectivity index (χ1n) is 25.4. The van der Waals surface area contributed by atoms with Crippen molar-refractivity contribution in [2.24, 2.45) is 0 Å². The van der Waals surface area contributed by atoms with Crippen LogP contribution in [-0.4, -0.2) is 135 Å². The highest BCUT2D eigenvalue weighted by molar-refractivity contribution is 7.89. The maximum absolute atomic E-state index is 15.1. The number of fused-ring (bicyclic) bond motifs is 2. The molecule has 432 valence electrons. The van der Waals surface area contributed by atoms with Crippen molar-refractivity contribution in [3.05, 3.63) is 154 Å². The van der Waals surface area contributed by atoms with E-state index < -0.39 is 61.1 Å². The molecule has 0 aliphatic rings. The number of carbonyl (C=O) groups excluding carboxylic acids is 3. The number of allylic oxidation sites excluding steroid dienone is 2. The normalized spacial score (nSPS) is 12.6. The molecule has 22 heteroatoms. The second-order valence-corrected chi connectivity index (χ2v) is 25.9. The fourth-order valence-electron chi connectivity index (χ4n) is 8.42. The minimum atomic E-state index is -3.57. The van der Waals surface area contributed by atoms with Crippen LogP contribution >= 0.6 is 0 Å². The van der Waals surface area contributed by atoms with Crippen LogP contribution in [0.25, 0.3) is 21.8 Å². The van der Waals surface area contributed by atoms with E-state index in [2.05, 4.69) is 10.6 Å². The fourth-order valence-corrected chi connectivity index (χ4v) is 10.2. The van der Waals surface area contributed by atoms with Crippen molar-refractivity contribution >= 4 is 65.9 Å². The van der Waals surface area contributed by atoms with E-state index in [0.29, 0.717) is 29.3 Å². The summed E-state index contributed by atoms with van der Waals surface area (Å²) in [4.78, 5) is 49.9. The van der Waals surface area contributed by atoms with Gasteiger partial charge < -0.3 is 39.2 Å². The number of rotatable bonds is 18. The molecule has 4 aromatic carbocycles. The molecule has 0 unspecified atom stereocenters. The molecule has 0 bridgehead atoms. The molecule has 6 rings (SSSR count). The van der Waals surface area contributed by atoms with Gasteiger partial charge in [0.2, 0.25) is 20.0 Å². The SMILES string of the molecule is Cc1c(Cc2ccc(S(=O)(=O)N(C)C)cc2)c2cc(C(=O)N(C)C)ccc2n1C/C(F)=C/CNC(=O)OC(C)(C)C.Cc1c(Cc2ccc(S(=O)(=O)N(C)C)cc2)c2cc(C(=O)O)ccc2n1C/C(F)=C/CNC(=O)OC(C)(C)C. The van der Waals surface area contributed by atoms with Gasteiger partial charge in [-0.1, -0.05) is 24.3 Å². The molecule has 0 atom stereocenters. The fraction of sp³-hybridized carbons (Fsp3) is 0.379. The molecule has 3 amide bonds. The van der Waals surface area contributed by atoms with Crippen LogP contribution in [-0.2, 0) is 55.5 Å². The molecule has 0 aliphatic heterocycles. The number of aromatic carboxylic acids is 1. The van der Waals surface area contributed by atoms with Gasteiger partial charge in [-0.05, 0) is 163 Å². The van der Waals surface area contributed by atoms with Gasteiger partial charge in [0.25, 0.3) is 5.91 Å². The summed E-state index contributed by atoms with van der Waals surface area (Å²) in [5.41, 5.74) is 5.62. The third kappa shape index (κ3) is 16.4. The predicted octanol–water partition coefficient (Wildman–Crippen LogP) is 9.74. The molecule has 0 spiro atoms. The molecular formula is C58H73F2N7O11S2. The molecule has 0 fully saturated rings. The Morgan fingerprint density at radius 1 is 0.575 bits per heavy atom. The number of halogens is 2. The molecule has 0 saturated carbocycles. The summed E-state index contributed by atoms with van der Waals surface area (Å²) in [6.45, 7) is 13.9. The van der Waals surface area contributed by atoms with Crippen LogP contribution in [0, 0.1) is 13.8 Å². The molecule has 6 aromatic rings. The number of amides is 3. The highest BCUT2D eigenvalue weighted by atomic mass is 32.2. The topological polar surface area (TPSA) is 219 Å². The summed E-state index contributed by atoms with van der Waals surface area (Å²) >= 11 is 0. The van der Waals surface area contributed by atoms with Crippen molar-refractivity contribution in [2.75, 3.05) is 55.4 Å². The minimum absolute atomic E-state index is 0.0322. The number of hydrogen-bond donors (Lipinski definition) is 3. The lowest BCUT2D eigenvalue weighted by Crippen LogP contribution is -2.32. The molecule has 3 N–H and O–H groups in total. The summed E-state index contributed by atoms with van der Waals surface area (Å²) in [5, 5.41) is 16.0. The zero-order valence-corrected chi connectivity index (χ0v) is 49.5. The van der Waals surface area contributed by atoms with Crippen molar-refractivity contribution in [3.8, 4) is 0 Å². The maximum Gasteiger partial charge on any atom is 0.407 e. The first-order chi connectivity index (χ1) is 37.1. The average molecular weight is 1150 g/mol. The molecule has 0 radical (unpaired) electrons.